The molecule has 0 aromatic heterocycles. The van der Waals surface area contributed by atoms with Crippen molar-refractivity contribution in [3.05, 3.63) is 28.8 Å². The van der Waals surface area contributed by atoms with Gasteiger partial charge in [0.1, 0.15) is 5.75 Å². The van der Waals surface area contributed by atoms with Gasteiger partial charge in [0, 0.05) is 13.3 Å². The highest BCUT2D eigenvalue weighted by molar-refractivity contribution is 5.65. The zero-order chi connectivity index (χ0) is 11.4. The molecule has 0 bridgehead atoms. The molecule has 3 nitrogen and oxygen atoms in total. The van der Waals surface area contributed by atoms with E-state index in [1.54, 1.807) is 12.1 Å². The predicted octanol–water partition coefficient (Wildman–Crippen LogP) is 2.11. The highest BCUT2D eigenvalue weighted by Gasteiger charge is 2.05. The van der Waals surface area contributed by atoms with Gasteiger partial charge in [-0.05, 0) is 42.7 Å². The van der Waals surface area contributed by atoms with Crippen molar-refractivity contribution in [1.82, 2.24) is 0 Å². The first-order valence-electron chi connectivity index (χ1n) is 4.93. The highest BCUT2D eigenvalue weighted by Crippen LogP contribution is 2.21. The molecule has 0 saturated heterocycles. The van der Waals surface area contributed by atoms with Crippen LogP contribution in [0, 0.1) is 13.8 Å². The molecule has 0 heterocycles. The average molecular weight is 208 g/mol. The first kappa shape index (κ1) is 11.6. The molecule has 0 spiro atoms. The molecule has 0 aliphatic carbocycles. The molecule has 0 unspecified atom stereocenters. The molecule has 0 aliphatic heterocycles. The van der Waals surface area contributed by atoms with E-state index in [1.165, 1.54) is 6.92 Å². The van der Waals surface area contributed by atoms with Gasteiger partial charge in [0.15, 0.2) is 0 Å². The number of carbonyl (C=O) groups is 1. The predicted molar refractivity (Wildman–Crippen MR) is 57.9 cm³/mol. The van der Waals surface area contributed by atoms with Crippen molar-refractivity contribution in [3.63, 3.8) is 0 Å². The molecule has 0 radical (unpaired) electrons. The Morgan fingerprint density at radius 3 is 2.33 bits per heavy atom. The van der Waals surface area contributed by atoms with Crippen LogP contribution in [0.3, 0.4) is 0 Å². The van der Waals surface area contributed by atoms with Gasteiger partial charge in [0.05, 0.1) is 6.61 Å². The third kappa shape index (κ3) is 3.27. The van der Waals surface area contributed by atoms with Crippen molar-refractivity contribution >= 4 is 5.97 Å². The third-order valence-electron chi connectivity index (χ3n) is 2.34. The summed E-state index contributed by atoms with van der Waals surface area (Å²) in [5, 5.41) is 9.35. The molecule has 0 aliphatic rings. The van der Waals surface area contributed by atoms with Crippen LogP contribution in [0.15, 0.2) is 12.1 Å². The van der Waals surface area contributed by atoms with Gasteiger partial charge in [-0.25, -0.2) is 0 Å². The molecular formula is C12H16O3. The van der Waals surface area contributed by atoms with E-state index in [-0.39, 0.29) is 11.7 Å². The number of esters is 1. The molecule has 82 valence electrons. The number of phenols is 1. The van der Waals surface area contributed by atoms with E-state index >= 15 is 0 Å². The van der Waals surface area contributed by atoms with Gasteiger partial charge in [0.25, 0.3) is 0 Å². The van der Waals surface area contributed by atoms with Crippen molar-refractivity contribution in [2.75, 3.05) is 6.61 Å². The summed E-state index contributed by atoms with van der Waals surface area (Å²) < 4.78 is 4.88. The molecule has 1 N–H and O–H groups in total. The SMILES string of the molecule is CC(=O)OCCc1c(C)cc(O)cc1C. The molecular weight excluding hydrogens is 192 g/mol. The van der Waals surface area contributed by atoms with E-state index in [4.69, 9.17) is 4.74 Å². The van der Waals surface area contributed by atoms with Crippen LogP contribution < -0.4 is 0 Å². The van der Waals surface area contributed by atoms with Crippen molar-refractivity contribution in [3.8, 4) is 5.75 Å². The van der Waals surface area contributed by atoms with Gasteiger partial charge in [-0.2, -0.15) is 0 Å². The maximum Gasteiger partial charge on any atom is 0.302 e. The normalized spacial score (nSPS) is 10.1. The van der Waals surface area contributed by atoms with Crippen LogP contribution in [0.2, 0.25) is 0 Å². The minimum atomic E-state index is -0.260. The molecule has 3 heteroatoms. The van der Waals surface area contributed by atoms with E-state index in [0.29, 0.717) is 13.0 Å². The first-order chi connectivity index (χ1) is 7.00. The van der Waals surface area contributed by atoms with Crippen molar-refractivity contribution in [2.45, 2.75) is 27.2 Å². The number of rotatable bonds is 3. The van der Waals surface area contributed by atoms with Gasteiger partial charge < -0.3 is 9.84 Å². The van der Waals surface area contributed by atoms with Crippen LogP contribution >= 0.6 is 0 Å². The summed E-state index contributed by atoms with van der Waals surface area (Å²) in [6, 6.07) is 3.44. The lowest BCUT2D eigenvalue weighted by Crippen LogP contribution is -2.05. The zero-order valence-corrected chi connectivity index (χ0v) is 9.33. The molecule has 0 saturated carbocycles. The van der Waals surface area contributed by atoms with Gasteiger partial charge in [-0.3, -0.25) is 4.79 Å². The molecule has 1 aromatic rings. The molecule has 1 rings (SSSR count). The summed E-state index contributed by atoms with van der Waals surface area (Å²) in [5.41, 5.74) is 3.19. The number of aromatic hydroxyl groups is 1. The second-order valence-corrected chi connectivity index (χ2v) is 3.65. The molecule has 0 fully saturated rings. The Balaban J connectivity index is 2.72. The summed E-state index contributed by atoms with van der Waals surface area (Å²) >= 11 is 0. The minimum absolute atomic E-state index is 0.260. The van der Waals surface area contributed by atoms with E-state index in [9.17, 15) is 9.90 Å². The van der Waals surface area contributed by atoms with E-state index in [1.807, 2.05) is 13.8 Å². The van der Waals surface area contributed by atoms with E-state index < -0.39 is 0 Å². The molecule has 15 heavy (non-hydrogen) atoms. The van der Waals surface area contributed by atoms with Crippen LogP contribution in [0.25, 0.3) is 0 Å². The fourth-order valence-electron chi connectivity index (χ4n) is 1.66. The van der Waals surface area contributed by atoms with Gasteiger partial charge in [-0.1, -0.05) is 0 Å². The Labute approximate surface area is 89.7 Å². The fourth-order valence-corrected chi connectivity index (χ4v) is 1.66. The Bertz CT molecular complexity index is 346. The first-order valence-corrected chi connectivity index (χ1v) is 4.93. The monoisotopic (exact) mass is 208 g/mol. The number of benzene rings is 1. The van der Waals surface area contributed by atoms with Crippen LogP contribution in [0.4, 0.5) is 0 Å². The van der Waals surface area contributed by atoms with Crippen molar-refractivity contribution in [1.29, 1.82) is 0 Å². The minimum Gasteiger partial charge on any atom is -0.508 e. The summed E-state index contributed by atoms with van der Waals surface area (Å²) in [6.07, 6.45) is 0.692. The third-order valence-corrected chi connectivity index (χ3v) is 2.34. The number of hydrogen-bond acceptors (Lipinski definition) is 3. The standard InChI is InChI=1S/C12H16O3/c1-8-6-11(14)7-9(2)12(8)4-5-15-10(3)13/h6-7,14H,4-5H2,1-3H3. The number of phenolic OH excluding ortho intramolecular Hbond substituents is 1. The van der Waals surface area contributed by atoms with Crippen LogP contribution in [-0.4, -0.2) is 17.7 Å². The number of hydrogen-bond donors (Lipinski definition) is 1. The summed E-state index contributed by atoms with van der Waals surface area (Å²) in [6.45, 7) is 5.67. The lowest BCUT2D eigenvalue weighted by atomic mass is 10.00. The summed E-state index contributed by atoms with van der Waals surface area (Å²) in [4.78, 5) is 10.6. The summed E-state index contributed by atoms with van der Waals surface area (Å²) in [7, 11) is 0. The smallest absolute Gasteiger partial charge is 0.302 e. The Morgan fingerprint density at radius 1 is 1.33 bits per heavy atom. The molecule has 1 aromatic carbocycles. The zero-order valence-electron chi connectivity index (χ0n) is 9.33. The second kappa shape index (κ2) is 4.82. The summed E-state index contributed by atoms with van der Waals surface area (Å²) in [5.74, 6) is 0.0188. The van der Waals surface area contributed by atoms with Crippen LogP contribution in [0.5, 0.6) is 5.75 Å². The Kier molecular flexibility index (Phi) is 3.72. The van der Waals surface area contributed by atoms with Crippen LogP contribution in [-0.2, 0) is 16.0 Å². The Hall–Kier alpha value is -1.51. The topological polar surface area (TPSA) is 46.5 Å². The maximum absolute atomic E-state index is 10.6. The quantitative estimate of drug-likeness (QED) is 0.774. The average Bonchev–Trinajstić information content (AvgIpc) is 2.08. The maximum atomic E-state index is 10.6. The molecule has 0 amide bonds. The largest absolute Gasteiger partial charge is 0.508 e. The van der Waals surface area contributed by atoms with Gasteiger partial charge in [0.2, 0.25) is 0 Å². The lowest BCUT2D eigenvalue weighted by Gasteiger charge is -2.10. The second-order valence-electron chi connectivity index (χ2n) is 3.65. The van der Waals surface area contributed by atoms with E-state index in [2.05, 4.69) is 0 Å². The van der Waals surface area contributed by atoms with Gasteiger partial charge >= 0.3 is 5.97 Å². The fraction of sp³-hybridized carbons (Fsp3) is 0.417. The van der Waals surface area contributed by atoms with Crippen molar-refractivity contribution in [2.24, 2.45) is 0 Å². The van der Waals surface area contributed by atoms with Crippen molar-refractivity contribution < 1.29 is 14.6 Å². The van der Waals surface area contributed by atoms with Crippen LogP contribution in [0.1, 0.15) is 23.6 Å². The number of aryl methyl sites for hydroxylation is 2. The van der Waals surface area contributed by atoms with Gasteiger partial charge in [-0.15, -0.1) is 0 Å². The number of ether oxygens (including phenoxy) is 1. The molecule has 0 atom stereocenters. The van der Waals surface area contributed by atoms with E-state index in [0.717, 1.165) is 16.7 Å². The highest BCUT2D eigenvalue weighted by atomic mass is 16.5. The Morgan fingerprint density at radius 2 is 1.87 bits per heavy atom. The lowest BCUT2D eigenvalue weighted by molar-refractivity contribution is -0.140. The number of carbonyl (C=O) groups excluding carboxylic acids is 1.